The molecule has 1 aliphatic heterocycles. The number of nitrogens with one attached hydrogen (secondary N) is 2. The zero-order chi connectivity index (χ0) is 19.0. The first kappa shape index (κ1) is 18.3. The van der Waals surface area contributed by atoms with Gasteiger partial charge in [0.15, 0.2) is 0 Å². The van der Waals surface area contributed by atoms with Crippen LogP contribution in [0.25, 0.3) is 0 Å². The Bertz CT molecular complexity index is 726. The van der Waals surface area contributed by atoms with E-state index in [0.29, 0.717) is 17.2 Å². The molecule has 1 aromatic carbocycles. The lowest BCUT2D eigenvalue weighted by Crippen LogP contribution is -2.42. The summed E-state index contributed by atoms with van der Waals surface area (Å²) in [5.74, 6) is 2.26. The molecule has 1 heterocycles. The van der Waals surface area contributed by atoms with Crippen molar-refractivity contribution in [3.63, 3.8) is 0 Å². The zero-order valence-corrected chi connectivity index (χ0v) is 16.5. The van der Waals surface area contributed by atoms with Gasteiger partial charge in [-0.3, -0.25) is 4.79 Å². The maximum absolute atomic E-state index is 12.9. The van der Waals surface area contributed by atoms with Crippen LogP contribution in [0.3, 0.4) is 0 Å². The second kappa shape index (κ2) is 7.53. The van der Waals surface area contributed by atoms with E-state index in [2.05, 4.69) is 17.6 Å². The van der Waals surface area contributed by atoms with Crippen molar-refractivity contribution in [1.82, 2.24) is 10.2 Å². The van der Waals surface area contributed by atoms with Gasteiger partial charge in [0.2, 0.25) is 0 Å². The highest BCUT2D eigenvalue weighted by atomic mass is 16.2. The van der Waals surface area contributed by atoms with Gasteiger partial charge < -0.3 is 15.5 Å². The van der Waals surface area contributed by atoms with E-state index in [-0.39, 0.29) is 18.0 Å². The van der Waals surface area contributed by atoms with Crippen molar-refractivity contribution in [2.45, 2.75) is 58.4 Å². The van der Waals surface area contributed by atoms with Gasteiger partial charge in [0, 0.05) is 19.1 Å². The summed E-state index contributed by atoms with van der Waals surface area (Å²) >= 11 is 0. The number of benzene rings is 1. The van der Waals surface area contributed by atoms with Crippen molar-refractivity contribution < 1.29 is 9.59 Å². The van der Waals surface area contributed by atoms with Crippen molar-refractivity contribution in [3.05, 3.63) is 29.3 Å². The third-order valence-corrected chi connectivity index (χ3v) is 6.93. The number of amides is 3. The Morgan fingerprint density at radius 3 is 2.59 bits per heavy atom. The SMILES string of the molecule is Cc1cccc(C(=O)N2CCCC2)c1NC(=O)N[C@@H](C)[C@H]1C[C@H]2CC[C@H]1C2. The molecule has 0 radical (unpaired) electrons. The Morgan fingerprint density at radius 2 is 1.93 bits per heavy atom. The molecule has 2 bridgehead atoms. The second-order valence-electron chi connectivity index (χ2n) is 8.72. The van der Waals surface area contributed by atoms with Crippen molar-refractivity contribution in [2.75, 3.05) is 18.4 Å². The molecule has 4 atom stereocenters. The van der Waals surface area contributed by atoms with Crippen LogP contribution in [0, 0.1) is 24.7 Å². The van der Waals surface area contributed by atoms with Gasteiger partial charge >= 0.3 is 6.03 Å². The maximum atomic E-state index is 12.9. The van der Waals surface area contributed by atoms with E-state index in [9.17, 15) is 9.59 Å². The van der Waals surface area contributed by atoms with Gasteiger partial charge in [0.1, 0.15) is 0 Å². The van der Waals surface area contributed by atoms with Gasteiger partial charge in [0.05, 0.1) is 11.3 Å². The molecule has 2 saturated carbocycles. The number of carbonyl (C=O) groups is 2. The summed E-state index contributed by atoms with van der Waals surface area (Å²) < 4.78 is 0. The van der Waals surface area contributed by atoms with E-state index in [1.165, 1.54) is 25.7 Å². The lowest BCUT2D eigenvalue weighted by molar-refractivity contribution is 0.0794. The number of hydrogen-bond donors (Lipinski definition) is 2. The summed E-state index contributed by atoms with van der Waals surface area (Å²) in [5.41, 5.74) is 2.16. The summed E-state index contributed by atoms with van der Waals surface area (Å²) in [6.45, 7) is 5.67. The minimum Gasteiger partial charge on any atom is -0.339 e. The fourth-order valence-corrected chi connectivity index (χ4v) is 5.47. The highest BCUT2D eigenvalue weighted by molar-refractivity contribution is 6.04. The molecule has 2 aliphatic carbocycles. The standard InChI is InChI=1S/C22H31N3O2/c1-14-6-5-7-18(21(26)25-10-3-4-11-25)20(14)24-22(27)23-15(2)19-13-16-8-9-17(19)12-16/h5-7,15-17,19H,3-4,8-13H2,1-2H3,(H2,23,24,27)/t15-,16-,17-,19+/m0/s1. The summed E-state index contributed by atoms with van der Waals surface area (Å²) in [7, 11) is 0. The summed E-state index contributed by atoms with van der Waals surface area (Å²) in [6.07, 6.45) is 7.38. The molecule has 1 aromatic rings. The minimum atomic E-state index is -0.199. The smallest absolute Gasteiger partial charge is 0.319 e. The number of hydrogen-bond acceptors (Lipinski definition) is 2. The van der Waals surface area contributed by atoms with Crippen LogP contribution in [0.15, 0.2) is 18.2 Å². The molecule has 4 rings (SSSR count). The number of nitrogens with zero attached hydrogens (tertiary/aromatic N) is 1. The third-order valence-electron chi connectivity index (χ3n) is 6.93. The van der Waals surface area contributed by atoms with E-state index in [1.54, 1.807) is 0 Å². The maximum Gasteiger partial charge on any atom is 0.319 e. The molecule has 146 valence electrons. The number of likely N-dealkylation sites (tertiary alicyclic amines) is 1. The average molecular weight is 370 g/mol. The average Bonchev–Trinajstić information content (AvgIpc) is 3.40. The number of fused-ring (bicyclic) bond motifs is 2. The zero-order valence-electron chi connectivity index (χ0n) is 16.5. The first-order valence-corrected chi connectivity index (χ1v) is 10.5. The number of carbonyl (C=O) groups excluding carboxylic acids is 2. The Morgan fingerprint density at radius 1 is 1.15 bits per heavy atom. The molecule has 27 heavy (non-hydrogen) atoms. The van der Waals surface area contributed by atoms with E-state index < -0.39 is 0 Å². The third kappa shape index (κ3) is 3.69. The normalized spacial score (nSPS) is 27.6. The molecule has 5 heteroatoms. The van der Waals surface area contributed by atoms with Gasteiger partial charge in [-0.15, -0.1) is 0 Å². The number of aryl methyl sites for hydroxylation is 1. The summed E-state index contributed by atoms with van der Waals surface area (Å²) in [6, 6.07) is 5.62. The second-order valence-corrected chi connectivity index (χ2v) is 8.72. The first-order chi connectivity index (χ1) is 13.0. The van der Waals surface area contributed by atoms with Gasteiger partial charge in [-0.25, -0.2) is 4.79 Å². The van der Waals surface area contributed by atoms with Gasteiger partial charge in [-0.05, 0) is 75.3 Å². The van der Waals surface area contributed by atoms with Crippen LogP contribution in [-0.2, 0) is 0 Å². The van der Waals surface area contributed by atoms with E-state index in [1.807, 2.05) is 30.0 Å². The molecule has 0 spiro atoms. The van der Waals surface area contributed by atoms with Crippen molar-refractivity contribution in [2.24, 2.45) is 17.8 Å². The lowest BCUT2D eigenvalue weighted by atomic mass is 9.84. The molecule has 3 aliphatic rings. The number of para-hydroxylation sites is 1. The largest absolute Gasteiger partial charge is 0.339 e. The summed E-state index contributed by atoms with van der Waals surface area (Å²) in [5, 5.41) is 6.13. The highest BCUT2D eigenvalue weighted by Gasteiger charge is 2.42. The van der Waals surface area contributed by atoms with E-state index in [0.717, 1.165) is 43.3 Å². The monoisotopic (exact) mass is 369 g/mol. The Balaban J connectivity index is 1.43. The molecule has 0 unspecified atom stereocenters. The number of rotatable bonds is 4. The Hall–Kier alpha value is -2.04. The molecule has 5 nitrogen and oxygen atoms in total. The molecule has 2 N–H and O–H groups in total. The van der Waals surface area contributed by atoms with Gasteiger partial charge in [-0.1, -0.05) is 18.6 Å². The predicted octanol–water partition coefficient (Wildman–Crippen LogP) is 4.18. The molecule has 3 amide bonds. The van der Waals surface area contributed by atoms with Gasteiger partial charge in [-0.2, -0.15) is 0 Å². The van der Waals surface area contributed by atoms with Crippen LogP contribution in [0.4, 0.5) is 10.5 Å². The minimum absolute atomic E-state index is 0.0210. The molecule has 1 saturated heterocycles. The van der Waals surface area contributed by atoms with Crippen molar-refractivity contribution in [1.29, 1.82) is 0 Å². The number of urea groups is 1. The van der Waals surface area contributed by atoms with Gasteiger partial charge in [0.25, 0.3) is 5.91 Å². The van der Waals surface area contributed by atoms with Crippen LogP contribution in [0.2, 0.25) is 0 Å². The highest BCUT2D eigenvalue weighted by Crippen LogP contribution is 2.49. The topological polar surface area (TPSA) is 61.4 Å². The quantitative estimate of drug-likeness (QED) is 0.836. The van der Waals surface area contributed by atoms with Crippen LogP contribution in [-0.4, -0.2) is 36.0 Å². The van der Waals surface area contributed by atoms with Crippen LogP contribution in [0.5, 0.6) is 0 Å². The van der Waals surface area contributed by atoms with Crippen LogP contribution >= 0.6 is 0 Å². The van der Waals surface area contributed by atoms with Crippen LogP contribution in [0.1, 0.15) is 61.4 Å². The predicted molar refractivity (Wildman–Crippen MR) is 107 cm³/mol. The molecule has 0 aromatic heterocycles. The summed E-state index contributed by atoms with van der Waals surface area (Å²) in [4.78, 5) is 27.4. The van der Waals surface area contributed by atoms with Crippen molar-refractivity contribution in [3.8, 4) is 0 Å². The fourth-order valence-electron chi connectivity index (χ4n) is 5.47. The van der Waals surface area contributed by atoms with Crippen LogP contribution < -0.4 is 10.6 Å². The number of anilines is 1. The fraction of sp³-hybridized carbons (Fsp3) is 0.636. The first-order valence-electron chi connectivity index (χ1n) is 10.5. The molecule has 3 fully saturated rings. The Labute approximate surface area is 161 Å². The van der Waals surface area contributed by atoms with Crippen molar-refractivity contribution >= 4 is 17.6 Å². The Kier molecular flexibility index (Phi) is 5.11. The molecular weight excluding hydrogens is 338 g/mol. The lowest BCUT2D eigenvalue weighted by Gasteiger charge is -2.28. The van der Waals surface area contributed by atoms with E-state index >= 15 is 0 Å². The molecular formula is C22H31N3O2. The van der Waals surface area contributed by atoms with E-state index in [4.69, 9.17) is 0 Å².